The number of imidazole rings is 1. The highest BCUT2D eigenvalue weighted by atomic mass is 16.5. The Morgan fingerprint density at radius 1 is 1.05 bits per heavy atom. The molecule has 0 atom stereocenters. The molecule has 0 spiro atoms. The number of nitrogens with zero attached hydrogens (tertiary/aromatic N) is 2. The SMILES string of the molecule is CCOc1ccc2[nH]c(-c3cc(C)cc(C)c3)nc2n1. The Bertz CT molecular complexity index is 741. The summed E-state index contributed by atoms with van der Waals surface area (Å²) in [6.07, 6.45) is 0. The maximum absolute atomic E-state index is 5.40. The Hall–Kier alpha value is -2.36. The van der Waals surface area contributed by atoms with Gasteiger partial charge < -0.3 is 9.72 Å². The standard InChI is InChI=1S/C16H17N3O/c1-4-20-14-6-5-13-16(18-14)19-15(17-13)12-8-10(2)7-11(3)9-12/h5-9H,4H2,1-3H3,(H,17,18,19). The minimum absolute atomic E-state index is 0.604. The van der Waals surface area contributed by atoms with Gasteiger partial charge >= 0.3 is 0 Å². The van der Waals surface area contributed by atoms with Gasteiger partial charge in [-0.25, -0.2) is 4.98 Å². The molecule has 4 heteroatoms. The minimum Gasteiger partial charge on any atom is -0.478 e. The Labute approximate surface area is 117 Å². The first-order valence-electron chi connectivity index (χ1n) is 6.74. The van der Waals surface area contributed by atoms with Crippen LogP contribution in [-0.2, 0) is 0 Å². The summed E-state index contributed by atoms with van der Waals surface area (Å²) in [6, 6.07) is 10.2. The maximum Gasteiger partial charge on any atom is 0.215 e. The molecular weight excluding hydrogens is 250 g/mol. The van der Waals surface area contributed by atoms with Gasteiger partial charge in [0.25, 0.3) is 0 Å². The van der Waals surface area contributed by atoms with Crippen molar-refractivity contribution in [1.82, 2.24) is 15.0 Å². The summed E-state index contributed by atoms with van der Waals surface area (Å²) in [5.74, 6) is 1.45. The number of rotatable bonds is 3. The van der Waals surface area contributed by atoms with Crippen molar-refractivity contribution < 1.29 is 4.74 Å². The average Bonchev–Trinajstić information content (AvgIpc) is 2.81. The van der Waals surface area contributed by atoms with E-state index in [2.05, 4.69) is 47.0 Å². The van der Waals surface area contributed by atoms with E-state index in [1.54, 1.807) is 0 Å². The second-order valence-electron chi connectivity index (χ2n) is 4.92. The van der Waals surface area contributed by atoms with Crippen molar-refractivity contribution in [3.8, 4) is 17.3 Å². The largest absolute Gasteiger partial charge is 0.478 e. The highest BCUT2D eigenvalue weighted by Gasteiger charge is 2.08. The number of nitrogens with one attached hydrogen (secondary N) is 1. The zero-order chi connectivity index (χ0) is 14.1. The molecule has 0 fully saturated rings. The van der Waals surface area contributed by atoms with Crippen molar-refractivity contribution in [2.24, 2.45) is 0 Å². The third-order valence-corrected chi connectivity index (χ3v) is 3.11. The topological polar surface area (TPSA) is 50.8 Å². The van der Waals surface area contributed by atoms with Crippen LogP contribution in [0.25, 0.3) is 22.6 Å². The van der Waals surface area contributed by atoms with Crippen LogP contribution < -0.4 is 4.74 Å². The fourth-order valence-corrected chi connectivity index (χ4v) is 2.35. The van der Waals surface area contributed by atoms with E-state index < -0.39 is 0 Å². The molecule has 2 aromatic heterocycles. The molecule has 102 valence electrons. The summed E-state index contributed by atoms with van der Waals surface area (Å²) in [5.41, 5.74) is 5.14. The van der Waals surface area contributed by atoms with Crippen molar-refractivity contribution in [2.75, 3.05) is 6.61 Å². The van der Waals surface area contributed by atoms with Crippen LogP contribution in [0.5, 0.6) is 5.88 Å². The molecule has 0 bridgehead atoms. The molecule has 1 N–H and O–H groups in total. The summed E-state index contributed by atoms with van der Waals surface area (Å²) in [6.45, 7) is 6.72. The number of benzene rings is 1. The van der Waals surface area contributed by atoms with Crippen molar-refractivity contribution in [1.29, 1.82) is 0 Å². The van der Waals surface area contributed by atoms with Crippen LogP contribution in [0.1, 0.15) is 18.1 Å². The summed E-state index contributed by atoms with van der Waals surface area (Å²) in [4.78, 5) is 12.3. The van der Waals surface area contributed by atoms with Crippen LogP contribution >= 0.6 is 0 Å². The lowest BCUT2D eigenvalue weighted by Crippen LogP contribution is -1.93. The summed E-state index contributed by atoms with van der Waals surface area (Å²) in [7, 11) is 0. The Balaban J connectivity index is 2.08. The number of aryl methyl sites for hydroxylation is 2. The molecule has 0 aliphatic rings. The molecule has 3 aromatic rings. The van der Waals surface area contributed by atoms with Crippen molar-refractivity contribution in [2.45, 2.75) is 20.8 Å². The fourth-order valence-electron chi connectivity index (χ4n) is 2.35. The third-order valence-electron chi connectivity index (χ3n) is 3.11. The van der Waals surface area contributed by atoms with E-state index in [-0.39, 0.29) is 0 Å². The first kappa shape index (κ1) is 12.7. The van der Waals surface area contributed by atoms with Crippen LogP contribution in [0.2, 0.25) is 0 Å². The van der Waals surface area contributed by atoms with Gasteiger partial charge in [0.2, 0.25) is 5.88 Å². The first-order valence-corrected chi connectivity index (χ1v) is 6.74. The summed E-state index contributed by atoms with van der Waals surface area (Å²) >= 11 is 0. The molecule has 0 amide bonds. The van der Waals surface area contributed by atoms with Crippen LogP contribution in [0.15, 0.2) is 30.3 Å². The van der Waals surface area contributed by atoms with Crippen LogP contribution in [-0.4, -0.2) is 21.6 Å². The van der Waals surface area contributed by atoms with E-state index in [9.17, 15) is 0 Å². The number of fused-ring (bicyclic) bond motifs is 1. The number of hydrogen-bond donors (Lipinski definition) is 1. The van der Waals surface area contributed by atoms with E-state index in [1.807, 2.05) is 19.1 Å². The molecule has 0 aliphatic heterocycles. The van der Waals surface area contributed by atoms with Gasteiger partial charge in [0.05, 0.1) is 12.1 Å². The number of aromatic amines is 1. The molecule has 0 aliphatic carbocycles. The molecule has 0 unspecified atom stereocenters. The fraction of sp³-hybridized carbons (Fsp3) is 0.250. The van der Waals surface area contributed by atoms with Crippen molar-refractivity contribution in [3.05, 3.63) is 41.5 Å². The number of H-pyrrole nitrogens is 1. The van der Waals surface area contributed by atoms with Gasteiger partial charge in [-0.15, -0.1) is 0 Å². The average molecular weight is 267 g/mol. The smallest absolute Gasteiger partial charge is 0.215 e. The quantitative estimate of drug-likeness (QED) is 0.788. The summed E-state index contributed by atoms with van der Waals surface area (Å²) in [5, 5.41) is 0. The van der Waals surface area contributed by atoms with Gasteiger partial charge in [-0.1, -0.05) is 17.2 Å². The molecule has 0 saturated carbocycles. The first-order chi connectivity index (χ1) is 9.65. The van der Waals surface area contributed by atoms with E-state index in [0.717, 1.165) is 16.9 Å². The second-order valence-corrected chi connectivity index (χ2v) is 4.92. The van der Waals surface area contributed by atoms with E-state index in [4.69, 9.17) is 4.74 Å². The van der Waals surface area contributed by atoms with E-state index in [0.29, 0.717) is 18.1 Å². The van der Waals surface area contributed by atoms with Gasteiger partial charge in [0.15, 0.2) is 5.65 Å². The Morgan fingerprint density at radius 2 is 1.80 bits per heavy atom. The third kappa shape index (κ3) is 2.37. The summed E-state index contributed by atoms with van der Waals surface area (Å²) < 4.78 is 5.40. The minimum atomic E-state index is 0.604. The monoisotopic (exact) mass is 267 g/mol. The number of aromatic nitrogens is 3. The lowest BCUT2D eigenvalue weighted by atomic mass is 10.1. The van der Waals surface area contributed by atoms with Gasteiger partial charge in [-0.2, -0.15) is 4.98 Å². The van der Waals surface area contributed by atoms with E-state index in [1.165, 1.54) is 11.1 Å². The van der Waals surface area contributed by atoms with Crippen LogP contribution in [0.3, 0.4) is 0 Å². The normalized spacial score (nSPS) is 10.9. The van der Waals surface area contributed by atoms with Gasteiger partial charge in [-0.05, 0) is 39.0 Å². The Kier molecular flexibility index (Phi) is 3.14. The molecule has 2 heterocycles. The predicted molar refractivity (Wildman–Crippen MR) is 80.0 cm³/mol. The number of hydrogen-bond acceptors (Lipinski definition) is 3. The lowest BCUT2D eigenvalue weighted by Gasteiger charge is -2.01. The highest BCUT2D eigenvalue weighted by molar-refractivity contribution is 5.76. The second kappa shape index (κ2) is 4.96. The van der Waals surface area contributed by atoms with Crippen molar-refractivity contribution >= 4 is 11.2 Å². The van der Waals surface area contributed by atoms with Gasteiger partial charge in [0, 0.05) is 11.6 Å². The van der Waals surface area contributed by atoms with Crippen LogP contribution in [0, 0.1) is 13.8 Å². The number of pyridine rings is 1. The van der Waals surface area contributed by atoms with Gasteiger partial charge in [0.1, 0.15) is 5.82 Å². The van der Waals surface area contributed by atoms with Gasteiger partial charge in [-0.3, -0.25) is 0 Å². The maximum atomic E-state index is 5.40. The van der Waals surface area contributed by atoms with Crippen LogP contribution in [0.4, 0.5) is 0 Å². The molecule has 3 rings (SSSR count). The number of ether oxygens (including phenoxy) is 1. The molecule has 0 radical (unpaired) electrons. The zero-order valence-electron chi connectivity index (χ0n) is 11.9. The van der Waals surface area contributed by atoms with E-state index >= 15 is 0 Å². The molecule has 1 aromatic carbocycles. The Morgan fingerprint density at radius 3 is 2.50 bits per heavy atom. The molecular formula is C16H17N3O. The zero-order valence-corrected chi connectivity index (χ0v) is 11.9. The predicted octanol–water partition coefficient (Wildman–Crippen LogP) is 3.64. The molecule has 4 nitrogen and oxygen atoms in total. The lowest BCUT2D eigenvalue weighted by molar-refractivity contribution is 0.328. The molecule has 20 heavy (non-hydrogen) atoms. The van der Waals surface area contributed by atoms with Crippen molar-refractivity contribution in [3.63, 3.8) is 0 Å². The molecule has 0 saturated heterocycles. The highest BCUT2D eigenvalue weighted by Crippen LogP contribution is 2.23.